The van der Waals surface area contributed by atoms with Gasteiger partial charge in [0.25, 0.3) is 5.91 Å². The zero-order chi connectivity index (χ0) is 14.4. The van der Waals surface area contributed by atoms with Crippen LogP contribution in [0.25, 0.3) is 0 Å². The zero-order valence-electron chi connectivity index (χ0n) is 11.1. The molecule has 0 radical (unpaired) electrons. The Labute approximate surface area is 126 Å². The molecule has 0 bridgehead atoms. The summed E-state index contributed by atoms with van der Waals surface area (Å²) >= 11 is 3.24. The third-order valence-corrected chi connectivity index (χ3v) is 3.29. The molecule has 0 aliphatic carbocycles. The van der Waals surface area contributed by atoms with Gasteiger partial charge in [-0.05, 0) is 52.2 Å². The van der Waals surface area contributed by atoms with E-state index in [0.29, 0.717) is 16.7 Å². The number of rotatable bonds is 5. The Kier molecular flexibility index (Phi) is 5.12. The molecule has 0 saturated carbocycles. The second kappa shape index (κ2) is 7.05. The number of hydrogen-bond acceptors (Lipinski definition) is 3. The molecule has 2 aromatic rings. The molecule has 0 aliphatic heterocycles. The van der Waals surface area contributed by atoms with Gasteiger partial charge in [-0.25, -0.2) is 4.98 Å². The first-order valence-corrected chi connectivity index (χ1v) is 7.01. The summed E-state index contributed by atoms with van der Waals surface area (Å²) in [5.41, 5.74) is 1.68. The molecular formula is C15H15BrN2O2. The molecular weight excluding hydrogens is 320 g/mol. The first-order chi connectivity index (χ1) is 9.69. The summed E-state index contributed by atoms with van der Waals surface area (Å²) < 4.78 is 5.88. The van der Waals surface area contributed by atoms with E-state index in [1.165, 1.54) is 0 Å². The number of nitrogens with zero attached hydrogens (tertiary/aromatic N) is 1. The van der Waals surface area contributed by atoms with Crippen LogP contribution in [0.2, 0.25) is 0 Å². The number of benzene rings is 1. The number of pyridine rings is 1. The van der Waals surface area contributed by atoms with E-state index >= 15 is 0 Å². The maximum atomic E-state index is 11.9. The van der Waals surface area contributed by atoms with Gasteiger partial charge in [-0.3, -0.25) is 4.79 Å². The van der Waals surface area contributed by atoms with Crippen LogP contribution < -0.4 is 10.1 Å². The van der Waals surface area contributed by atoms with Gasteiger partial charge in [0.1, 0.15) is 10.4 Å². The average molecular weight is 335 g/mol. The molecule has 1 aromatic carbocycles. The van der Waals surface area contributed by atoms with Crippen molar-refractivity contribution in [2.24, 2.45) is 0 Å². The lowest BCUT2D eigenvalue weighted by Crippen LogP contribution is -2.25. The molecule has 0 saturated heterocycles. The summed E-state index contributed by atoms with van der Waals surface area (Å²) in [7, 11) is 1.64. The van der Waals surface area contributed by atoms with Crippen molar-refractivity contribution in [3.05, 3.63) is 58.3 Å². The average Bonchev–Trinajstić information content (AvgIpc) is 2.48. The highest BCUT2D eigenvalue weighted by Crippen LogP contribution is 2.12. The van der Waals surface area contributed by atoms with Crippen molar-refractivity contribution in [2.45, 2.75) is 6.42 Å². The molecule has 0 atom stereocenters. The van der Waals surface area contributed by atoms with Crippen LogP contribution in [-0.4, -0.2) is 24.5 Å². The van der Waals surface area contributed by atoms with Crippen molar-refractivity contribution in [2.75, 3.05) is 13.7 Å². The summed E-state index contributed by atoms with van der Waals surface area (Å²) in [4.78, 5) is 15.9. The highest BCUT2D eigenvalue weighted by atomic mass is 79.9. The smallest absolute Gasteiger partial charge is 0.252 e. The van der Waals surface area contributed by atoms with Crippen LogP contribution in [0.15, 0.2) is 47.2 Å². The Hall–Kier alpha value is -1.88. The molecule has 20 heavy (non-hydrogen) atoms. The first kappa shape index (κ1) is 14.5. The molecule has 0 spiro atoms. The maximum Gasteiger partial charge on any atom is 0.252 e. The van der Waals surface area contributed by atoms with Crippen molar-refractivity contribution in [3.8, 4) is 5.75 Å². The number of aromatic nitrogens is 1. The number of hydrogen-bond donors (Lipinski definition) is 1. The lowest BCUT2D eigenvalue weighted by Gasteiger charge is -2.06. The molecule has 2 rings (SSSR count). The zero-order valence-corrected chi connectivity index (χ0v) is 12.7. The summed E-state index contributed by atoms with van der Waals surface area (Å²) in [6.45, 7) is 0.571. The van der Waals surface area contributed by atoms with Gasteiger partial charge in [-0.1, -0.05) is 12.1 Å². The van der Waals surface area contributed by atoms with Crippen molar-refractivity contribution in [3.63, 3.8) is 0 Å². The van der Waals surface area contributed by atoms with Crippen LogP contribution in [0.5, 0.6) is 5.75 Å². The van der Waals surface area contributed by atoms with E-state index in [9.17, 15) is 4.79 Å². The number of methoxy groups -OCH3 is 1. The first-order valence-electron chi connectivity index (χ1n) is 6.22. The number of ether oxygens (including phenoxy) is 1. The number of carbonyl (C=O) groups excluding carboxylic acids is 1. The summed E-state index contributed by atoms with van der Waals surface area (Å²) in [5, 5.41) is 2.87. The second-order valence-electron chi connectivity index (χ2n) is 4.23. The van der Waals surface area contributed by atoms with Gasteiger partial charge in [0.05, 0.1) is 12.7 Å². The summed E-state index contributed by atoms with van der Waals surface area (Å²) in [6.07, 6.45) is 2.30. The van der Waals surface area contributed by atoms with Gasteiger partial charge >= 0.3 is 0 Å². The maximum absolute atomic E-state index is 11.9. The van der Waals surface area contributed by atoms with Crippen molar-refractivity contribution in [1.29, 1.82) is 0 Å². The van der Waals surface area contributed by atoms with Crippen LogP contribution >= 0.6 is 15.9 Å². The summed E-state index contributed by atoms with van der Waals surface area (Å²) in [5.74, 6) is 0.707. The Morgan fingerprint density at radius 1 is 1.35 bits per heavy atom. The normalized spacial score (nSPS) is 10.1. The van der Waals surface area contributed by atoms with E-state index in [-0.39, 0.29) is 5.91 Å². The van der Waals surface area contributed by atoms with E-state index in [1.807, 2.05) is 24.3 Å². The molecule has 1 heterocycles. The minimum Gasteiger partial charge on any atom is -0.497 e. The highest BCUT2D eigenvalue weighted by molar-refractivity contribution is 9.10. The van der Waals surface area contributed by atoms with Crippen molar-refractivity contribution in [1.82, 2.24) is 10.3 Å². The SMILES string of the molecule is COc1cccc(CCNC(=O)c2ccc(Br)nc2)c1. The standard InChI is InChI=1S/C15H15BrN2O2/c1-20-13-4-2-3-11(9-13)7-8-17-15(19)12-5-6-14(16)18-10-12/h2-6,9-10H,7-8H2,1H3,(H,17,19). The fourth-order valence-corrected chi connectivity index (χ4v) is 2.00. The largest absolute Gasteiger partial charge is 0.497 e. The number of nitrogens with one attached hydrogen (secondary N) is 1. The highest BCUT2D eigenvalue weighted by Gasteiger charge is 2.05. The molecule has 1 aromatic heterocycles. The monoisotopic (exact) mass is 334 g/mol. The molecule has 104 valence electrons. The van der Waals surface area contributed by atoms with Crippen LogP contribution in [-0.2, 0) is 6.42 Å². The Bertz CT molecular complexity index is 585. The fraction of sp³-hybridized carbons (Fsp3) is 0.200. The molecule has 0 fully saturated rings. The number of amides is 1. The molecule has 5 heteroatoms. The second-order valence-corrected chi connectivity index (χ2v) is 5.04. The van der Waals surface area contributed by atoms with Gasteiger partial charge in [0.2, 0.25) is 0 Å². The lowest BCUT2D eigenvalue weighted by atomic mass is 10.1. The van der Waals surface area contributed by atoms with Crippen molar-refractivity contribution >= 4 is 21.8 Å². The van der Waals surface area contributed by atoms with Crippen LogP contribution in [0.3, 0.4) is 0 Å². The number of carbonyl (C=O) groups is 1. The molecule has 1 N–H and O–H groups in total. The van der Waals surface area contributed by atoms with Gasteiger partial charge in [0, 0.05) is 12.7 Å². The third-order valence-electron chi connectivity index (χ3n) is 2.82. The number of halogens is 1. The predicted octanol–water partition coefficient (Wildman–Crippen LogP) is 2.83. The van der Waals surface area contributed by atoms with E-state index in [0.717, 1.165) is 17.7 Å². The van der Waals surface area contributed by atoms with E-state index in [4.69, 9.17) is 4.74 Å². The van der Waals surface area contributed by atoms with E-state index < -0.39 is 0 Å². The third kappa shape index (κ3) is 4.06. The van der Waals surface area contributed by atoms with Gasteiger partial charge in [-0.15, -0.1) is 0 Å². The van der Waals surface area contributed by atoms with E-state index in [2.05, 4.69) is 26.2 Å². The van der Waals surface area contributed by atoms with Crippen LogP contribution in [0.4, 0.5) is 0 Å². The minimum absolute atomic E-state index is 0.118. The topological polar surface area (TPSA) is 51.2 Å². The Morgan fingerprint density at radius 2 is 2.20 bits per heavy atom. The molecule has 1 amide bonds. The Morgan fingerprint density at radius 3 is 2.90 bits per heavy atom. The molecule has 0 aliphatic rings. The molecule has 0 unspecified atom stereocenters. The summed E-state index contributed by atoms with van der Waals surface area (Å²) in [6, 6.07) is 11.3. The lowest BCUT2D eigenvalue weighted by molar-refractivity contribution is 0.0954. The van der Waals surface area contributed by atoms with Gasteiger partial charge in [-0.2, -0.15) is 0 Å². The Balaban J connectivity index is 1.86. The van der Waals surface area contributed by atoms with Crippen LogP contribution in [0.1, 0.15) is 15.9 Å². The quantitative estimate of drug-likeness (QED) is 0.855. The van der Waals surface area contributed by atoms with E-state index in [1.54, 1.807) is 25.4 Å². The van der Waals surface area contributed by atoms with Gasteiger partial charge < -0.3 is 10.1 Å². The predicted molar refractivity (Wildman–Crippen MR) is 81.0 cm³/mol. The molecule has 4 nitrogen and oxygen atoms in total. The minimum atomic E-state index is -0.118. The fourth-order valence-electron chi connectivity index (χ4n) is 1.76. The van der Waals surface area contributed by atoms with Gasteiger partial charge in [0.15, 0.2) is 0 Å². The van der Waals surface area contributed by atoms with Crippen molar-refractivity contribution < 1.29 is 9.53 Å². The van der Waals surface area contributed by atoms with Crippen LogP contribution in [0, 0.1) is 0 Å².